The van der Waals surface area contributed by atoms with Gasteiger partial charge in [0.05, 0.1) is 32.1 Å². The van der Waals surface area contributed by atoms with E-state index in [1.54, 1.807) is 4.68 Å². The fourth-order valence-corrected chi connectivity index (χ4v) is 1.61. The number of hydrogen-bond donors (Lipinski definition) is 2. The Labute approximate surface area is 76.1 Å². The topological polar surface area (TPSA) is 73.3 Å². The number of nitrogen functional groups attached to an aromatic ring is 1. The summed E-state index contributed by atoms with van der Waals surface area (Å²) in [6.07, 6.45) is 0.826. The zero-order valence-electron chi connectivity index (χ0n) is 7.36. The van der Waals surface area contributed by atoms with Gasteiger partial charge in [-0.3, -0.25) is 4.68 Å². The highest BCUT2D eigenvalue weighted by molar-refractivity contribution is 5.43. The number of aliphatic hydroxyl groups is 1. The number of aliphatic hydroxyl groups excluding tert-OH is 1. The van der Waals surface area contributed by atoms with E-state index in [-0.39, 0.29) is 6.61 Å². The smallest absolute Gasteiger partial charge is 0.149 e. The van der Waals surface area contributed by atoms with Gasteiger partial charge in [0.2, 0.25) is 0 Å². The average molecular weight is 183 g/mol. The Bertz CT molecular complexity index is 309. The lowest BCUT2D eigenvalue weighted by Gasteiger charge is -2.13. The summed E-state index contributed by atoms with van der Waals surface area (Å²) < 4.78 is 7.02. The highest BCUT2D eigenvalue weighted by Gasteiger charge is 2.18. The summed E-state index contributed by atoms with van der Waals surface area (Å²) in [4.78, 5) is 0. The first-order chi connectivity index (χ1) is 6.33. The van der Waals surface area contributed by atoms with Crippen LogP contribution in [0.2, 0.25) is 0 Å². The van der Waals surface area contributed by atoms with Crippen LogP contribution in [-0.2, 0) is 24.3 Å². The maximum atomic E-state index is 8.79. The van der Waals surface area contributed by atoms with Crippen LogP contribution in [0.1, 0.15) is 11.3 Å². The van der Waals surface area contributed by atoms with E-state index in [2.05, 4.69) is 5.10 Å². The van der Waals surface area contributed by atoms with Crippen LogP contribution in [0.15, 0.2) is 0 Å². The number of nitrogens with zero attached hydrogens (tertiary/aromatic N) is 2. The summed E-state index contributed by atoms with van der Waals surface area (Å²) in [6, 6.07) is 0. The molecule has 2 rings (SSSR count). The van der Waals surface area contributed by atoms with Crippen LogP contribution in [0.4, 0.5) is 5.82 Å². The molecule has 0 saturated carbocycles. The number of fused-ring (bicyclic) bond motifs is 1. The summed E-state index contributed by atoms with van der Waals surface area (Å²) >= 11 is 0. The van der Waals surface area contributed by atoms with E-state index in [4.69, 9.17) is 15.6 Å². The van der Waals surface area contributed by atoms with E-state index < -0.39 is 0 Å². The fraction of sp³-hybridized carbons (Fsp3) is 0.625. The van der Waals surface area contributed by atoms with Gasteiger partial charge in [0.25, 0.3) is 0 Å². The van der Waals surface area contributed by atoms with Crippen molar-refractivity contribution in [1.82, 2.24) is 9.78 Å². The normalized spacial score (nSPS) is 15.8. The molecule has 2 heterocycles. The lowest BCUT2D eigenvalue weighted by atomic mass is 10.1. The molecule has 13 heavy (non-hydrogen) atoms. The Morgan fingerprint density at radius 3 is 3.23 bits per heavy atom. The Hall–Kier alpha value is -1.07. The average Bonchev–Trinajstić information content (AvgIpc) is 2.46. The molecule has 0 saturated heterocycles. The predicted octanol–water partition coefficient (Wildman–Crippen LogP) is -0.470. The number of hydrogen-bond acceptors (Lipinski definition) is 4. The van der Waals surface area contributed by atoms with E-state index >= 15 is 0 Å². The fourth-order valence-electron chi connectivity index (χ4n) is 1.61. The minimum atomic E-state index is 0.0769. The Morgan fingerprint density at radius 2 is 2.46 bits per heavy atom. The van der Waals surface area contributed by atoms with Crippen LogP contribution in [-0.4, -0.2) is 28.1 Å². The van der Waals surface area contributed by atoms with E-state index in [0.29, 0.717) is 25.6 Å². The molecule has 0 unspecified atom stereocenters. The maximum absolute atomic E-state index is 8.79. The zero-order valence-corrected chi connectivity index (χ0v) is 7.36. The Balaban J connectivity index is 2.36. The monoisotopic (exact) mass is 183 g/mol. The van der Waals surface area contributed by atoms with Crippen LogP contribution >= 0.6 is 0 Å². The molecule has 5 heteroatoms. The van der Waals surface area contributed by atoms with Gasteiger partial charge in [-0.15, -0.1) is 0 Å². The number of rotatable bonds is 2. The van der Waals surface area contributed by atoms with Crippen molar-refractivity contribution in [2.24, 2.45) is 0 Å². The van der Waals surface area contributed by atoms with Crippen molar-refractivity contribution in [3.8, 4) is 0 Å². The van der Waals surface area contributed by atoms with Crippen molar-refractivity contribution in [1.29, 1.82) is 0 Å². The Kier molecular flexibility index (Phi) is 2.20. The highest BCUT2D eigenvalue weighted by Crippen LogP contribution is 2.21. The van der Waals surface area contributed by atoms with Crippen LogP contribution < -0.4 is 5.73 Å². The van der Waals surface area contributed by atoms with Gasteiger partial charge < -0.3 is 15.6 Å². The minimum Gasteiger partial charge on any atom is -0.394 e. The number of anilines is 1. The molecule has 3 N–H and O–H groups in total. The van der Waals surface area contributed by atoms with E-state index in [0.717, 1.165) is 17.7 Å². The van der Waals surface area contributed by atoms with E-state index in [1.807, 2.05) is 0 Å². The van der Waals surface area contributed by atoms with Crippen LogP contribution in [0.5, 0.6) is 0 Å². The maximum Gasteiger partial charge on any atom is 0.149 e. The third-order valence-corrected chi connectivity index (χ3v) is 2.24. The molecule has 1 aliphatic heterocycles. The first-order valence-corrected chi connectivity index (χ1v) is 4.35. The summed E-state index contributed by atoms with van der Waals surface area (Å²) in [5, 5.41) is 12.9. The van der Waals surface area contributed by atoms with Gasteiger partial charge in [-0.2, -0.15) is 5.10 Å². The molecule has 0 fully saturated rings. The Morgan fingerprint density at radius 1 is 1.62 bits per heavy atom. The molecule has 0 bridgehead atoms. The first kappa shape index (κ1) is 8.52. The SMILES string of the molecule is Nc1nn(CCO)c2c1CCOC2. The number of ether oxygens (including phenoxy) is 1. The third-order valence-electron chi connectivity index (χ3n) is 2.24. The molecule has 0 spiro atoms. The van der Waals surface area contributed by atoms with E-state index in [9.17, 15) is 0 Å². The van der Waals surface area contributed by atoms with Gasteiger partial charge >= 0.3 is 0 Å². The molecule has 0 aliphatic carbocycles. The van der Waals surface area contributed by atoms with Crippen molar-refractivity contribution in [3.63, 3.8) is 0 Å². The van der Waals surface area contributed by atoms with E-state index in [1.165, 1.54) is 0 Å². The summed E-state index contributed by atoms with van der Waals surface area (Å²) in [5.74, 6) is 0.576. The molecule has 0 radical (unpaired) electrons. The van der Waals surface area contributed by atoms with Crippen molar-refractivity contribution in [2.75, 3.05) is 18.9 Å². The van der Waals surface area contributed by atoms with Crippen LogP contribution in [0.25, 0.3) is 0 Å². The van der Waals surface area contributed by atoms with Gasteiger partial charge in [-0.25, -0.2) is 0 Å². The second kappa shape index (κ2) is 3.35. The summed E-state index contributed by atoms with van der Waals surface area (Å²) in [5.41, 5.74) is 7.82. The lowest BCUT2D eigenvalue weighted by Crippen LogP contribution is -2.15. The van der Waals surface area contributed by atoms with Crippen molar-refractivity contribution < 1.29 is 9.84 Å². The van der Waals surface area contributed by atoms with Gasteiger partial charge in [0, 0.05) is 12.0 Å². The molecule has 0 amide bonds. The molecule has 1 aromatic rings. The van der Waals surface area contributed by atoms with Crippen LogP contribution in [0.3, 0.4) is 0 Å². The van der Waals surface area contributed by atoms with Gasteiger partial charge in [0.15, 0.2) is 0 Å². The molecular weight excluding hydrogens is 170 g/mol. The van der Waals surface area contributed by atoms with Gasteiger partial charge in [0.1, 0.15) is 5.82 Å². The standard InChI is InChI=1S/C8H13N3O2/c9-8-6-1-4-13-5-7(6)11(10-8)2-3-12/h12H,1-5H2,(H2,9,10). The minimum absolute atomic E-state index is 0.0769. The largest absolute Gasteiger partial charge is 0.394 e. The molecule has 72 valence electrons. The quantitative estimate of drug-likeness (QED) is 0.650. The molecule has 1 aliphatic rings. The number of aromatic nitrogens is 2. The highest BCUT2D eigenvalue weighted by atomic mass is 16.5. The lowest BCUT2D eigenvalue weighted by molar-refractivity contribution is 0.103. The second-order valence-corrected chi connectivity index (χ2v) is 3.06. The molecule has 0 atom stereocenters. The molecular formula is C8H13N3O2. The zero-order chi connectivity index (χ0) is 9.26. The summed E-state index contributed by atoms with van der Waals surface area (Å²) in [7, 11) is 0. The molecule has 5 nitrogen and oxygen atoms in total. The first-order valence-electron chi connectivity index (χ1n) is 4.35. The van der Waals surface area contributed by atoms with Gasteiger partial charge in [-0.05, 0) is 0 Å². The molecule has 1 aromatic heterocycles. The van der Waals surface area contributed by atoms with Crippen molar-refractivity contribution >= 4 is 5.82 Å². The summed E-state index contributed by atoms with van der Waals surface area (Å²) in [6.45, 7) is 1.83. The van der Waals surface area contributed by atoms with Crippen molar-refractivity contribution in [2.45, 2.75) is 19.6 Å². The predicted molar refractivity (Wildman–Crippen MR) is 47.1 cm³/mol. The van der Waals surface area contributed by atoms with Crippen LogP contribution in [0, 0.1) is 0 Å². The van der Waals surface area contributed by atoms with Gasteiger partial charge in [-0.1, -0.05) is 0 Å². The third kappa shape index (κ3) is 1.40. The number of nitrogens with two attached hydrogens (primary N) is 1. The second-order valence-electron chi connectivity index (χ2n) is 3.06. The van der Waals surface area contributed by atoms with Crippen molar-refractivity contribution in [3.05, 3.63) is 11.3 Å². The molecule has 0 aromatic carbocycles.